The standard InChI is InChI=1S/C27H29N5O4/c1-14(2)12-19-25(35)32-20-11-7-5-9-17(20)27(36,26(32)30-19)13-21-23(33)28-15(3)22-29-18-10-6-4-8-16(18)24(34)31(21)22/h4-11,14-15,19,21,26,30,36H,12-13H2,1-3H3,(H,28,33)/t15-,19+,21-,26-,27+/m0/s1. The smallest absolute Gasteiger partial charge is 0.262 e. The summed E-state index contributed by atoms with van der Waals surface area (Å²) in [5, 5.41) is 19.0. The Kier molecular flexibility index (Phi) is 5.07. The maximum absolute atomic E-state index is 13.6. The second-order valence-electron chi connectivity index (χ2n) is 10.5. The van der Waals surface area contributed by atoms with Gasteiger partial charge in [0.15, 0.2) is 0 Å². The number of rotatable bonds is 4. The normalized spacial score (nSPS) is 28.9. The third-order valence-electron chi connectivity index (χ3n) is 7.64. The fourth-order valence-corrected chi connectivity index (χ4v) is 6.04. The molecule has 0 saturated carbocycles. The highest BCUT2D eigenvalue weighted by Crippen LogP contribution is 2.49. The molecule has 2 aromatic carbocycles. The van der Waals surface area contributed by atoms with Gasteiger partial charge in [-0.3, -0.25) is 29.2 Å². The van der Waals surface area contributed by atoms with Crippen LogP contribution in [0.5, 0.6) is 0 Å². The molecule has 0 unspecified atom stereocenters. The first-order valence-corrected chi connectivity index (χ1v) is 12.4. The molecule has 3 aliphatic heterocycles. The number of benzene rings is 2. The Balaban J connectivity index is 1.48. The van der Waals surface area contributed by atoms with E-state index in [4.69, 9.17) is 4.98 Å². The number of carbonyl (C=O) groups is 2. The van der Waals surface area contributed by atoms with E-state index < -0.39 is 29.9 Å². The number of para-hydroxylation sites is 2. The summed E-state index contributed by atoms with van der Waals surface area (Å²) in [5.74, 6) is 0.277. The van der Waals surface area contributed by atoms with Crippen LogP contribution in [0.3, 0.4) is 0 Å². The molecular weight excluding hydrogens is 458 g/mol. The number of aromatic nitrogens is 2. The van der Waals surface area contributed by atoms with Gasteiger partial charge in [0.2, 0.25) is 11.8 Å². The molecule has 1 aromatic heterocycles. The van der Waals surface area contributed by atoms with Gasteiger partial charge in [0.25, 0.3) is 5.56 Å². The second-order valence-corrected chi connectivity index (χ2v) is 10.5. The van der Waals surface area contributed by atoms with Crippen LogP contribution in [-0.4, -0.2) is 38.7 Å². The van der Waals surface area contributed by atoms with Crippen LogP contribution in [0.2, 0.25) is 0 Å². The van der Waals surface area contributed by atoms with E-state index in [9.17, 15) is 19.5 Å². The lowest BCUT2D eigenvalue weighted by Crippen LogP contribution is -2.54. The van der Waals surface area contributed by atoms with Crippen LogP contribution >= 0.6 is 0 Å². The molecule has 9 nitrogen and oxygen atoms in total. The first-order valence-electron chi connectivity index (χ1n) is 12.4. The second kappa shape index (κ2) is 7.97. The first-order chi connectivity index (χ1) is 17.2. The fraction of sp³-hybridized carbons (Fsp3) is 0.407. The van der Waals surface area contributed by atoms with E-state index in [-0.39, 0.29) is 29.7 Å². The van der Waals surface area contributed by atoms with Crippen LogP contribution in [0.25, 0.3) is 10.9 Å². The molecule has 0 bridgehead atoms. The molecular formula is C27H29N5O4. The number of hydrogen-bond donors (Lipinski definition) is 3. The number of carbonyl (C=O) groups excluding carboxylic acids is 2. The van der Waals surface area contributed by atoms with Crippen LogP contribution in [0.1, 0.15) is 57.1 Å². The van der Waals surface area contributed by atoms with Crippen molar-refractivity contribution < 1.29 is 14.7 Å². The zero-order chi connectivity index (χ0) is 25.4. The van der Waals surface area contributed by atoms with Crippen molar-refractivity contribution in [2.75, 3.05) is 4.90 Å². The van der Waals surface area contributed by atoms with E-state index in [0.29, 0.717) is 34.4 Å². The van der Waals surface area contributed by atoms with Crippen LogP contribution in [0, 0.1) is 5.92 Å². The summed E-state index contributed by atoms with van der Waals surface area (Å²) < 4.78 is 1.43. The third-order valence-corrected chi connectivity index (χ3v) is 7.64. The summed E-state index contributed by atoms with van der Waals surface area (Å²) >= 11 is 0. The molecule has 36 heavy (non-hydrogen) atoms. The van der Waals surface area contributed by atoms with Crippen molar-refractivity contribution in [3.63, 3.8) is 0 Å². The lowest BCUT2D eigenvalue weighted by molar-refractivity contribution is -0.129. The number of nitrogens with zero attached hydrogens (tertiary/aromatic N) is 3. The molecule has 3 aliphatic rings. The van der Waals surface area contributed by atoms with Crippen molar-refractivity contribution in [2.24, 2.45) is 5.92 Å². The summed E-state index contributed by atoms with van der Waals surface area (Å²) in [6, 6.07) is 12.4. The van der Waals surface area contributed by atoms with Gasteiger partial charge in [0.05, 0.1) is 28.7 Å². The van der Waals surface area contributed by atoms with Crippen LogP contribution in [0.4, 0.5) is 5.69 Å². The zero-order valence-electron chi connectivity index (χ0n) is 20.4. The molecule has 1 saturated heterocycles. The van der Waals surface area contributed by atoms with Crippen molar-refractivity contribution >= 4 is 28.4 Å². The van der Waals surface area contributed by atoms with Gasteiger partial charge in [0.1, 0.15) is 23.6 Å². The number of nitrogens with one attached hydrogen (secondary N) is 2. The van der Waals surface area contributed by atoms with E-state index in [0.717, 1.165) is 0 Å². The molecule has 3 N–H and O–H groups in total. The number of fused-ring (bicyclic) bond motifs is 5. The summed E-state index contributed by atoms with van der Waals surface area (Å²) in [6.07, 6.45) is -0.208. The molecule has 0 radical (unpaired) electrons. The summed E-state index contributed by atoms with van der Waals surface area (Å²) in [6.45, 7) is 5.88. The van der Waals surface area contributed by atoms with E-state index in [1.165, 1.54) is 4.57 Å². The van der Waals surface area contributed by atoms with Gasteiger partial charge in [-0.2, -0.15) is 0 Å². The molecule has 2 amide bonds. The number of amides is 2. The molecule has 186 valence electrons. The Morgan fingerprint density at radius 3 is 2.58 bits per heavy atom. The summed E-state index contributed by atoms with van der Waals surface area (Å²) in [5.41, 5.74) is -0.160. The minimum absolute atomic E-state index is 0.0919. The Morgan fingerprint density at radius 1 is 1.08 bits per heavy atom. The van der Waals surface area contributed by atoms with E-state index in [2.05, 4.69) is 10.6 Å². The molecule has 4 heterocycles. The minimum Gasteiger partial charge on any atom is -0.381 e. The topological polar surface area (TPSA) is 117 Å². The average molecular weight is 488 g/mol. The van der Waals surface area contributed by atoms with Crippen molar-refractivity contribution in [3.8, 4) is 0 Å². The Bertz CT molecular complexity index is 1470. The van der Waals surface area contributed by atoms with Crippen LogP contribution in [-0.2, 0) is 15.2 Å². The van der Waals surface area contributed by atoms with Gasteiger partial charge in [-0.15, -0.1) is 0 Å². The van der Waals surface area contributed by atoms with E-state index in [1.54, 1.807) is 42.2 Å². The summed E-state index contributed by atoms with van der Waals surface area (Å²) in [7, 11) is 0. The molecule has 6 rings (SSSR count). The Hall–Kier alpha value is -3.56. The molecule has 1 fully saturated rings. The summed E-state index contributed by atoms with van der Waals surface area (Å²) in [4.78, 5) is 46.7. The zero-order valence-corrected chi connectivity index (χ0v) is 20.4. The fourth-order valence-electron chi connectivity index (χ4n) is 6.04. The highest BCUT2D eigenvalue weighted by Gasteiger charge is 2.59. The van der Waals surface area contributed by atoms with Gasteiger partial charge >= 0.3 is 0 Å². The van der Waals surface area contributed by atoms with Gasteiger partial charge in [-0.1, -0.05) is 44.2 Å². The average Bonchev–Trinajstić information content (AvgIpc) is 3.29. The number of aliphatic hydroxyl groups is 1. The van der Waals surface area contributed by atoms with Crippen molar-refractivity contribution in [1.82, 2.24) is 20.2 Å². The molecule has 3 aromatic rings. The largest absolute Gasteiger partial charge is 0.381 e. The van der Waals surface area contributed by atoms with Gasteiger partial charge in [-0.05, 0) is 37.5 Å². The highest BCUT2D eigenvalue weighted by molar-refractivity contribution is 6.02. The lowest BCUT2D eigenvalue weighted by Gasteiger charge is -2.37. The monoisotopic (exact) mass is 487 g/mol. The van der Waals surface area contributed by atoms with E-state index in [1.807, 2.05) is 32.0 Å². The van der Waals surface area contributed by atoms with Gasteiger partial charge in [0, 0.05) is 12.0 Å². The first kappa shape index (κ1) is 22.9. The minimum atomic E-state index is -1.59. The molecule has 0 spiro atoms. The van der Waals surface area contributed by atoms with Crippen molar-refractivity contribution in [2.45, 2.75) is 63.5 Å². The Labute approximate surface area is 208 Å². The van der Waals surface area contributed by atoms with Gasteiger partial charge in [-0.25, -0.2) is 4.98 Å². The predicted molar refractivity (Wildman–Crippen MR) is 134 cm³/mol. The van der Waals surface area contributed by atoms with Crippen molar-refractivity contribution in [3.05, 3.63) is 70.3 Å². The maximum atomic E-state index is 13.6. The van der Waals surface area contributed by atoms with Crippen LogP contribution in [0.15, 0.2) is 53.3 Å². The third kappa shape index (κ3) is 3.16. The van der Waals surface area contributed by atoms with Crippen molar-refractivity contribution in [1.29, 1.82) is 0 Å². The molecule has 9 heteroatoms. The highest BCUT2D eigenvalue weighted by atomic mass is 16.3. The SMILES string of the molecule is CC(C)C[C@H]1N[C@H]2N(C1=O)c1ccccc1[C@]2(O)C[C@H]1C(=O)N[C@@H](C)c2nc3ccccc3c(=O)n21. The lowest BCUT2D eigenvalue weighted by atomic mass is 9.85. The van der Waals surface area contributed by atoms with E-state index >= 15 is 0 Å². The Morgan fingerprint density at radius 2 is 1.81 bits per heavy atom. The molecule has 5 atom stereocenters. The van der Waals surface area contributed by atoms with Gasteiger partial charge < -0.3 is 10.4 Å². The predicted octanol–water partition coefficient (Wildman–Crippen LogP) is 2.10. The number of hydrogen-bond acceptors (Lipinski definition) is 6. The number of anilines is 1. The molecule has 0 aliphatic carbocycles. The quantitative estimate of drug-likeness (QED) is 0.519. The maximum Gasteiger partial charge on any atom is 0.262 e. The van der Waals surface area contributed by atoms with Crippen LogP contribution < -0.4 is 21.1 Å².